The molecule has 2 amide bonds. The summed E-state index contributed by atoms with van der Waals surface area (Å²) in [6, 6.07) is 9.21. The van der Waals surface area contributed by atoms with Crippen LogP contribution in [0.15, 0.2) is 36.4 Å². The van der Waals surface area contributed by atoms with Gasteiger partial charge in [-0.05, 0) is 30.3 Å². The summed E-state index contributed by atoms with van der Waals surface area (Å²) >= 11 is 17.5. The molecule has 1 aromatic carbocycles. The molecule has 0 aliphatic carbocycles. The third-order valence-electron chi connectivity index (χ3n) is 2.20. The lowest BCUT2D eigenvalue weighted by atomic mass is 10.3. The number of halogens is 3. The van der Waals surface area contributed by atoms with Gasteiger partial charge in [0.1, 0.15) is 11.0 Å². The molecule has 1 heterocycles. The lowest BCUT2D eigenvalue weighted by Gasteiger charge is -2.10. The monoisotopic (exact) mass is 330 g/mol. The molecule has 0 bridgehead atoms. The standard InChI is InChI=1S/C12H9Cl3N4O/c13-7-4-5-8(14)9(6-7)16-12(20)19-18-11-3-1-2-10(15)17-11/h1-6H,(H,17,18)(H2,16,19,20). The summed E-state index contributed by atoms with van der Waals surface area (Å²) in [6.45, 7) is 0. The van der Waals surface area contributed by atoms with Crippen molar-refractivity contribution in [1.82, 2.24) is 10.4 Å². The predicted molar refractivity (Wildman–Crippen MR) is 81.5 cm³/mol. The zero-order chi connectivity index (χ0) is 14.5. The van der Waals surface area contributed by atoms with Gasteiger partial charge in [-0.3, -0.25) is 10.9 Å². The van der Waals surface area contributed by atoms with E-state index in [2.05, 4.69) is 21.2 Å². The Hall–Kier alpha value is -1.69. The number of rotatable bonds is 3. The number of benzene rings is 1. The van der Waals surface area contributed by atoms with Crippen LogP contribution in [0.4, 0.5) is 16.3 Å². The molecule has 0 aliphatic rings. The van der Waals surface area contributed by atoms with Crippen molar-refractivity contribution < 1.29 is 4.79 Å². The summed E-state index contributed by atoms with van der Waals surface area (Å²) in [6.07, 6.45) is 0. The molecule has 0 radical (unpaired) electrons. The highest BCUT2D eigenvalue weighted by Crippen LogP contribution is 2.25. The van der Waals surface area contributed by atoms with E-state index in [1.807, 2.05) is 0 Å². The van der Waals surface area contributed by atoms with Crippen LogP contribution in [0.3, 0.4) is 0 Å². The van der Waals surface area contributed by atoms with Crippen molar-refractivity contribution in [2.24, 2.45) is 0 Å². The number of anilines is 2. The van der Waals surface area contributed by atoms with Crippen LogP contribution in [0.2, 0.25) is 15.2 Å². The maximum absolute atomic E-state index is 11.7. The largest absolute Gasteiger partial charge is 0.337 e. The number of carbonyl (C=O) groups is 1. The summed E-state index contributed by atoms with van der Waals surface area (Å²) in [7, 11) is 0. The lowest BCUT2D eigenvalue weighted by molar-refractivity contribution is 0.254. The maximum atomic E-state index is 11.7. The van der Waals surface area contributed by atoms with Crippen LogP contribution in [0, 0.1) is 0 Å². The normalized spacial score (nSPS) is 9.95. The molecule has 3 N–H and O–H groups in total. The zero-order valence-electron chi connectivity index (χ0n) is 9.95. The predicted octanol–water partition coefficient (Wildman–Crippen LogP) is 4.19. The van der Waals surface area contributed by atoms with E-state index < -0.39 is 6.03 Å². The molecule has 0 saturated heterocycles. The number of urea groups is 1. The lowest BCUT2D eigenvalue weighted by Crippen LogP contribution is -2.34. The second-order valence-corrected chi connectivity index (χ2v) is 4.90. The van der Waals surface area contributed by atoms with Gasteiger partial charge in [0.05, 0.1) is 10.7 Å². The van der Waals surface area contributed by atoms with E-state index in [9.17, 15) is 4.79 Å². The first-order valence-electron chi connectivity index (χ1n) is 5.45. The van der Waals surface area contributed by atoms with Gasteiger partial charge in [-0.25, -0.2) is 9.78 Å². The molecule has 0 fully saturated rings. The summed E-state index contributed by atoms with van der Waals surface area (Å²) in [4.78, 5) is 15.6. The molecule has 0 atom stereocenters. The average Bonchev–Trinajstić information content (AvgIpc) is 2.41. The third-order valence-corrected chi connectivity index (χ3v) is 2.97. The van der Waals surface area contributed by atoms with Gasteiger partial charge in [-0.2, -0.15) is 0 Å². The van der Waals surface area contributed by atoms with Crippen LogP contribution in [0.1, 0.15) is 0 Å². The fourth-order valence-corrected chi connectivity index (χ4v) is 1.85. The highest BCUT2D eigenvalue weighted by molar-refractivity contribution is 6.35. The van der Waals surface area contributed by atoms with Crippen LogP contribution in [0.25, 0.3) is 0 Å². The van der Waals surface area contributed by atoms with E-state index in [-0.39, 0.29) is 0 Å². The van der Waals surface area contributed by atoms with Crippen LogP contribution in [-0.2, 0) is 0 Å². The van der Waals surface area contributed by atoms with Crippen LogP contribution in [-0.4, -0.2) is 11.0 Å². The minimum Gasteiger partial charge on any atom is -0.305 e. The SMILES string of the molecule is O=C(NNc1cccc(Cl)n1)Nc1cc(Cl)ccc1Cl. The van der Waals surface area contributed by atoms with Gasteiger partial charge in [0, 0.05) is 5.02 Å². The number of pyridine rings is 1. The van der Waals surface area contributed by atoms with E-state index >= 15 is 0 Å². The Morgan fingerprint density at radius 3 is 2.65 bits per heavy atom. The second-order valence-electron chi connectivity index (χ2n) is 3.67. The van der Waals surface area contributed by atoms with Crippen molar-refractivity contribution in [2.75, 3.05) is 10.7 Å². The van der Waals surface area contributed by atoms with Gasteiger partial charge in [0.2, 0.25) is 0 Å². The Kier molecular flexibility index (Phi) is 4.89. The number of carbonyl (C=O) groups excluding carboxylic acids is 1. The number of aromatic nitrogens is 1. The van der Waals surface area contributed by atoms with Crippen LogP contribution < -0.4 is 16.2 Å². The van der Waals surface area contributed by atoms with Crippen molar-refractivity contribution in [3.8, 4) is 0 Å². The van der Waals surface area contributed by atoms with E-state index in [0.717, 1.165) is 0 Å². The minimum atomic E-state index is -0.518. The number of nitrogens with one attached hydrogen (secondary N) is 3. The first kappa shape index (κ1) is 14.7. The molecule has 2 aromatic rings. The molecule has 1 aromatic heterocycles. The fourth-order valence-electron chi connectivity index (χ4n) is 1.35. The first-order chi connectivity index (χ1) is 9.54. The summed E-state index contributed by atoms with van der Waals surface area (Å²) in [5.41, 5.74) is 5.40. The molecule has 20 heavy (non-hydrogen) atoms. The number of hydrogen-bond acceptors (Lipinski definition) is 3. The smallest absolute Gasteiger partial charge is 0.305 e. The van der Waals surface area contributed by atoms with E-state index in [1.165, 1.54) is 0 Å². The van der Waals surface area contributed by atoms with E-state index in [4.69, 9.17) is 34.8 Å². The average molecular weight is 332 g/mol. The molecular formula is C12H9Cl3N4O. The summed E-state index contributed by atoms with van der Waals surface area (Å²) in [5.74, 6) is 0.407. The molecular weight excluding hydrogens is 323 g/mol. The van der Waals surface area contributed by atoms with Crippen molar-refractivity contribution in [3.05, 3.63) is 51.6 Å². The minimum absolute atomic E-state index is 0.315. The third kappa shape index (κ3) is 4.16. The molecule has 0 spiro atoms. The Morgan fingerprint density at radius 2 is 1.90 bits per heavy atom. The molecule has 0 saturated carbocycles. The quantitative estimate of drug-likeness (QED) is 0.583. The van der Waals surface area contributed by atoms with E-state index in [0.29, 0.717) is 26.7 Å². The second kappa shape index (κ2) is 6.65. The zero-order valence-corrected chi connectivity index (χ0v) is 12.2. The van der Waals surface area contributed by atoms with Gasteiger partial charge in [-0.1, -0.05) is 40.9 Å². The van der Waals surface area contributed by atoms with Gasteiger partial charge in [0.25, 0.3) is 0 Å². The molecule has 8 heteroatoms. The van der Waals surface area contributed by atoms with Crippen LogP contribution in [0.5, 0.6) is 0 Å². The van der Waals surface area contributed by atoms with E-state index in [1.54, 1.807) is 36.4 Å². The highest BCUT2D eigenvalue weighted by Gasteiger charge is 2.06. The van der Waals surface area contributed by atoms with Gasteiger partial charge in [0.15, 0.2) is 0 Å². The van der Waals surface area contributed by atoms with Crippen molar-refractivity contribution >= 4 is 52.3 Å². The maximum Gasteiger partial charge on any atom is 0.337 e. The number of amides is 2. The molecule has 104 valence electrons. The number of hydrazine groups is 1. The number of hydrogen-bond donors (Lipinski definition) is 3. The topological polar surface area (TPSA) is 66.0 Å². The molecule has 5 nitrogen and oxygen atoms in total. The molecule has 0 unspecified atom stereocenters. The fraction of sp³-hybridized carbons (Fsp3) is 0. The van der Waals surface area contributed by atoms with Gasteiger partial charge in [-0.15, -0.1) is 0 Å². The van der Waals surface area contributed by atoms with Crippen molar-refractivity contribution in [3.63, 3.8) is 0 Å². The van der Waals surface area contributed by atoms with Crippen LogP contribution >= 0.6 is 34.8 Å². The van der Waals surface area contributed by atoms with Gasteiger partial charge >= 0.3 is 6.03 Å². The number of nitrogens with zero attached hydrogens (tertiary/aromatic N) is 1. The molecule has 0 aliphatic heterocycles. The molecule has 2 rings (SSSR count). The van der Waals surface area contributed by atoms with Crippen molar-refractivity contribution in [1.29, 1.82) is 0 Å². The summed E-state index contributed by atoms with van der Waals surface area (Å²) < 4.78 is 0. The Labute approximate surface area is 130 Å². The van der Waals surface area contributed by atoms with Gasteiger partial charge < -0.3 is 5.32 Å². The summed E-state index contributed by atoms with van der Waals surface area (Å²) in [5, 5.41) is 3.71. The first-order valence-corrected chi connectivity index (χ1v) is 6.58. The Bertz CT molecular complexity index is 636. The Morgan fingerprint density at radius 1 is 1.10 bits per heavy atom. The van der Waals surface area contributed by atoms with Crippen molar-refractivity contribution in [2.45, 2.75) is 0 Å². The Balaban J connectivity index is 1.94. The highest BCUT2D eigenvalue weighted by atomic mass is 35.5.